The van der Waals surface area contributed by atoms with Crippen LogP contribution in [-0.2, 0) is 0 Å². The van der Waals surface area contributed by atoms with Crippen LogP contribution in [0.4, 0.5) is 5.00 Å². The average Bonchev–Trinajstić information content (AvgIpc) is 2.64. The zero-order valence-electron chi connectivity index (χ0n) is 10.2. The third-order valence-corrected chi connectivity index (χ3v) is 4.07. The highest BCUT2D eigenvalue weighted by molar-refractivity contribution is 7.14. The van der Waals surface area contributed by atoms with E-state index in [9.17, 15) is 4.79 Å². The molecule has 1 aromatic rings. The fourth-order valence-electron chi connectivity index (χ4n) is 2.51. The van der Waals surface area contributed by atoms with Crippen LogP contribution >= 0.6 is 11.3 Å². The SMILES string of the molecule is CC1(C)CCCC(Nc2scnc2C(=O)O)C1. The van der Waals surface area contributed by atoms with Crippen molar-refractivity contribution >= 4 is 22.3 Å². The van der Waals surface area contributed by atoms with Crippen LogP contribution in [0.25, 0.3) is 0 Å². The smallest absolute Gasteiger partial charge is 0.357 e. The van der Waals surface area contributed by atoms with Crippen LogP contribution in [0.2, 0.25) is 0 Å². The maximum absolute atomic E-state index is 11.0. The summed E-state index contributed by atoms with van der Waals surface area (Å²) in [6.07, 6.45) is 4.65. The predicted molar refractivity (Wildman–Crippen MR) is 68.7 cm³/mol. The molecule has 0 spiro atoms. The first-order valence-electron chi connectivity index (χ1n) is 5.91. The fourth-order valence-corrected chi connectivity index (χ4v) is 3.26. The molecule has 0 bridgehead atoms. The Morgan fingerprint density at radius 1 is 1.65 bits per heavy atom. The van der Waals surface area contributed by atoms with E-state index in [1.807, 2.05) is 0 Å². The Hall–Kier alpha value is -1.10. The van der Waals surface area contributed by atoms with Gasteiger partial charge in [-0.2, -0.15) is 0 Å². The van der Waals surface area contributed by atoms with Gasteiger partial charge in [0.25, 0.3) is 0 Å². The van der Waals surface area contributed by atoms with Gasteiger partial charge in [0.05, 0.1) is 5.51 Å². The predicted octanol–water partition coefficient (Wildman–Crippen LogP) is 3.22. The molecular weight excluding hydrogens is 236 g/mol. The molecule has 17 heavy (non-hydrogen) atoms. The van der Waals surface area contributed by atoms with Gasteiger partial charge in [0, 0.05) is 6.04 Å². The topological polar surface area (TPSA) is 62.2 Å². The molecule has 5 heteroatoms. The first-order chi connectivity index (χ1) is 7.98. The Labute approximate surface area is 105 Å². The lowest BCUT2D eigenvalue weighted by Gasteiger charge is -2.35. The van der Waals surface area contributed by atoms with Crippen molar-refractivity contribution in [3.8, 4) is 0 Å². The summed E-state index contributed by atoms with van der Waals surface area (Å²) in [5.41, 5.74) is 2.09. The van der Waals surface area contributed by atoms with Gasteiger partial charge in [0.1, 0.15) is 5.00 Å². The van der Waals surface area contributed by atoms with Gasteiger partial charge < -0.3 is 10.4 Å². The third-order valence-electron chi connectivity index (χ3n) is 3.31. The number of hydrogen-bond acceptors (Lipinski definition) is 4. The van der Waals surface area contributed by atoms with Crippen molar-refractivity contribution < 1.29 is 9.90 Å². The molecule has 0 aromatic carbocycles. The molecule has 94 valence electrons. The number of aromatic nitrogens is 1. The van der Waals surface area contributed by atoms with Crippen molar-refractivity contribution in [1.29, 1.82) is 0 Å². The maximum atomic E-state index is 11.0. The van der Waals surface area contributed by atoms with E-state index in [-0.39, 0.29) is 5.69 Å². The lowest BCUT2D eigenvalue weighted by Crippen LogP contribution is -2.31. The second kappa shape index (κ2) is 4.64. The summed E-state index contributed by atoms with van der Waals surface area (Å²) in [4.78, 5) is 14.8. The summed E-state index contributed by atoms with van der Waals surface area (Å²) in [6, 6.07) is 0.372. The molecule has 1 saturated carbocycles. The third kappa shape index (κ3) is 2.97. The van der Waals surface area contributed by atoms with Crippen LogP contribution in [0.3, 0.4) is 0 Å². The Morgan fingerprint density at radius 2 is 2.41 bits per heavy atom. The second-order valence-electron chi connectivity index (χ2n) is 5.44. The van der Waals surface area contributed by atoms with Crippen LogP contribution in [-0.4, -0.2) is 22.1 Å². The molecule has 1 aliphatic carbocycles. The zero-order valence-corrected chi connectivity index (χ0v) is 11.0. The normalized spacial score (nSPS) is 23.3. The first-order valence-corrected chi connectivity index (χ1v) is 6.79. The van der Waals surface area contributed by atoms with E-state index < -0.39 is 5.97 Å². The van der Waals surface area contributed by atoms with E-state index in [1.165, 1.54) is 24.2 Å². The Morgan fingerprint density at radius 3 is 3.06 bits per heavy atom. The molecule has 4 nitrogen and oxygen atoms in total. The minimum atomic E-state index is -0.955. The molecule has 2 rings (SSSR count). The summed E-state index contributed by atoms with van der Waals surface area (Å²) >= 11 is 1.37. The van der Waals surface area contributed by atoms with Gasteiger partial charge >= 0.3 is 5.97 Å². The van der Waals surface area contributed by atoms with E-state index in [0.29, 0.717) is 16.5 Å². The highest BCUT2D eigenvalue weighted by atomic mass is 32.1. The van der Waals surface area contributed by atoms with Crippen LogP contribution in [0.1, 0.15) is 50.0 Å². The quantitative estimate of drug-likeness (QED) is 0.869. The lowest BCUT2D eigenvalue weighted by molar-refractivity contribution is 0.0692. The van der Waals surface area contributed by atoms with Gasteiger partial charge in [-0.3, -0.25) is 0 Å². The molecule has 0 aliphatic heterocycles. The summed E-state index contributed by atoms with van der Waals surface area (Å²) < 4.78 is 0. The van der Waals surface area contributed by atoms with E-state index >= 15 is 0 Å². The summed E-state index contributed by atoms with van der Waals surface area (Å²) in [5.74, 6) is -0.955. The molecule has 1 aromatic heterocycles. The Bertz CT molecular complexity index is 414. The summed E-state index contributed by atoms with van der Waals surface area (Å²) in [7, 11) is 0. The number of aromatic carboxylic acids is 1. The number of hydrogen-bond donors (Lipinski definition) is 2. The fraction of sp³-hybridized carbons (Fsp3) is 0.667. The highest BCUT2D eigenvalue weighted by Gasteiger charge is 2.29. The maximum Gasteiger partial charge on any atom is 0.357 e. The molecule has 2 N–H and O–H groups in total. The van der Waals surface area contributed by atoms with Gasteiger partial charge in [0.2, 0.25) is 0 Å². The van der Waals surface area contributed by atoms with Gasteiger partial charge in [-0.05, 0) is 24.7 Å². The molecule has 0 saturated heterocycles. The zero-order chi connectivity index (χ0) is 12.5. The minimum absolute atomic E-state index is 0.151. The monoisotopic (exact) mass is 254 g/mol. The number of nitrogens with zero attached hydrogens (tertiary/aromatic N) is 1. The molecule has 1 heterocycles. The number of nitrogens with one attached hydrogen (secondary N) is 1. The van der Waals surface area contributed by atoms with Gasteiger partial charge in [-0.1, -0.05) is 20.3 Å². The highest BCUT2D eigenvalue weighted by Crippen LogP contribution is 2.37. The average molecular weight is 254 g/mol. The molecule has 0 amide bonds. The van der Waals surface area contributed by atoms with Crippen LogP contribution in [0, 0.1) is 5.41 Å². The number of carboxylic acids is 1. The molecule has 1 aliphatic rings. The standard InChI is InChI=1S/C12H18N2O2S/c1-12(2)5-3-4-8(6-12)14-10-9(11(15)16)13-7-17-10/h7-8,14H,3-6H2,1-2H3,(H,15,16). The van der Waals surface area contributed by atoms with Crippen LogP contribution < -0.4 is 5.32 Å². The Kier molecular flexibility index (Phi) is 3.38. The van der Waals surface area contributed by atoms with Crippen molar-refractivity contribution in [3.05, 3.63) is 11.2 Å². The molecule has 0 radical (unpaired) electrons. The van der Waals surface area contributed by atoms with Crippen molar-refractivity contribution in [1.82, 2.24) is 4.98 Å². The number of anilines is 1. The number of carboxylic acid groups (broad SMARTS) is 1. The number of carbonyl (C=O) groups is 1. The van der Waals surface area contributed by atoms with Crippen LogP contribution in [0.15, 0.2) is 5.51 Å². The van der Waals surface area contributed by atoms with Gasteiger partial charge in [0.15, 0.2) is 5.69 Å². The number of rotatable bonds is 3. The Balaban J connectivity index is 2.05. The summed E-state index contributed by atoms with van der Waals surface area (Å²) in [6.45, 7) is 4.54. The molecular formula is C12H18N2O2S. The summed E-state index contributed by atoms with van der Waals surface area (Å²) in [5, 5.41) is 13.0. The largest absolute Gasteiger partial charge is 0.476 e. The molecule has 1 fully saturated rings. The first kappa shape index (κ1) is 12.4. The van der Waals surface area contributed by atoms with E-state index in [4.69, 9.17) is 5.11 Å². The lowest BCUT2D eigenvalue weighted by atomic mass is 9.75. The van der Waals surface area contributed by atoms with Gasteiger partial charge in [-0.15, -0.1) is 11.3 Å². The van der Waals surface area contributed by atoms with E-state index in [0.717, 1.165) is 12.8 Å². The van der Waals surface area contributed by atoms with E-state index in [1.54, 1.807) is 5.51 Å². The molecule has 1 atom stereocenters. The second-order valence-corrected chi connectivity index (χ2v) is 6.29. The minimum Gasteiger partial charge on any atom is -0.476 e. The number of thiazole rings is 1. The van der Waals surface area contributed by atoms with E-state index in [2.05, 4.69) is 24.1 Å². The van der Waals surface area contributed by atoms with Crippen molar-refractivity contribution in [2.24, 2.45) is 5.41 Å². The van der Waals surface area contributed by atoms with Gasteiger partial charge in [-0.25, -0.2) is 9.78 Å². The molecule has 1 unspecified atom stereocenters. The van der Waals surface area contributed by atoms with Crippen molar-refractivity contribution in [2.75, 3.05) is 5.32 Å². The van der Waals surface area contributed by atoms with Crippen LogP contribution in [0.5, 0.6) is 0 Å². The van der Waals surface area contributed by atoms with Crippen molar-refractivity contribution in [3.63, 3.8) is 0 Å². The van der Waals surface area contributed by atoms with Crippen molar-refractivity contribution in [2.45, 2.75) is 45.6 Å².